The lowest BCUT2D eigenvalue weighted by molar-refractivity contribution is 0.0707. The number of carbonyl (C=O) groups excluding carboxylic acids is 1. The zero-order chi connectivity index (χ0) is 12.4. The van der Waals surface area contributed by atoms with E-state index in [4.69, 9.17) is 5.11 Å². The lowest BCUT2D eigenvalue weighted by atomic mass is 10.1. The van der Waals surface area contributed by atoms with Crippen LogP contribution in [-0.4, -0.2) is 35.1 Å². The molecule has 4 heteroatoms. The number of amides is 1. The molecular formula is C13H16BrNO2. The molecule has 0 unspecified atom stereocenters. The second-order valence-corrected chi connectivity index (χ2v) is 5.39. The lowest BCUT2D eigenvalue weighted by Gasteiger charge is -2.21. The molecular weight excluding hydrogens is 282 g/mol. The minimum Gasteiger partial charge on any atom is -0.395 e. The number of halogens is 1. The monoisotopic (exact) mass is 297 g/mol. The van der Waals surface area contributed by atoms with Gasteiger partial charge in [0.15, 0.2) is 0 Å². The van der Waals surface area contributed by atoms with Gasteiger partial charge in [-0.05, 0) is 43.5 Å². The fourth-order valence-corrected chi connectivity index (χ4v) is 2.58. The summed E-state index contributed by atoms with van der Waals surface area (Å²) in [6.07, 6.45) is 2.11. The maximum atomic E-state index is 12.3. The highest BCUT2D eigenvalue weighted by Crippen LogP contribution is 2.28. The van der Waals surface area contributed by atoms with Crippen molar-refractivity contribution < 1.29 is 9.90 Å². The number of hydrogen-bond donors (Lipinski definition) is 1. The molecule has 0 saturated heterocycles. The van der Waals surface area contributed by atoms with Crippen LogP contribution in [0.2, 0.25) is 0 Å². The Kier molecular flexibility index (Phi) is 3.84. The topological polar surface area (TPSA) is 40.5 Å². The number of rotatable bonds is 4. The van der Waals surface area contributed by atoms with E-state index in [2.05, 4.69) is 15.9 Å². The number of aliphatic hydroxyl groups is 1. The standard InChI is InChI=1S/C13H16BrNO2/c1-9-6-10(8-11(14)7-9)13(17)15(4-5-16)12-2-3-12/h6-8,12,16H,2-5H2,1H3. The van der Waals surface area contributed by atoms with E-state index < -0.39 is 0 Å². The molecule has 0 aromatic heterocycles. The minimum atomic E-state index is 0.0194. The molecule has 1 N–H and O–H groups in total. The van der Waals surface area contributed by atoms with Gasteiger partial charge in [0.2, 0.25) is 0 Å². The Morgan fingerprint density at radius 3 is 2.71 bits per heavy atom. The van der Waals surface area contributed by atoms with Crippen LogP contribution in [0.15, 0.2) is 22.7 Å². The van der Waals surface area contributed by atoms with E-state index in [0.717, 1.165) is 22.9 Å². The summed E-state index contributed by atoms with van der Waals surface area (Å²) in [7, 11) is 0. The lowest BCUT2D eigenvalue weighted by Crippen LogP contribution is -2.35. The van der Waals surface area contributed by atoms with Crippen molar-refractivity contribution in [3.63, 3.8) is 0 Å². The summed E-state index contributed by atoms with van der Waals surface area (Å²) in [5, 5.41) is 9.02. The quantitative estimate of drug-likeness (QED) is 0.927. The third kappa shape index (κ3) is 3.07. The summed E-state index contributed by atoms with van der Waals surface area (Å²) in [6.45, 7) is 2.42. The predicted molar refractivity (Wildman–Crippen MR) is 70.0 cm³/mol. The van der Waals surface area contributed by atoms with Gasteiger partial charge in [-0.1, -0.05) is 15.9 Å². The van der Waals surface area contributed by atoms with Gasteiger partial charge in [-0.2, -0.15) is 0 Å². The van der Waals surface area contributed by atoms with Gasteiger partial charge in [-0.15, -0.1) is 0 Å². The van der Waals surface area contributed by atoms with Crippen LogP contribution < -0.4 is 0 Å². The summed E-state index contributed by atoms with van der Waals surface area (Å²) in [5.74, 6) is 0.0194. The van der Waals surface area contributed by atoms with E-state index in [1.807, 2.05) is 25.1 Å². The largest absolute Gasteiger partial charge is 0.395 e. The highest BCUT2D eigenvalue weighted by atomic mass is 79.9. The zero-order valence-corrected chi connectivity index (χ0v) is 11.4. The van der Waals surface area contributed by atoms with Gasteiger partial charge in [0.05, 0.1) is 6.61 Å². The van der Waals surface area contributed by atoms with Gasteiger partial charge in [0.25, 0.3) is 5.91 Å². The number of aryl methyl sites for hydroxylation is 1. The number of carbonyl (C=O) groups is 1. The summed E-state index contributed by atoms with van der Waals surface area (Å²) >= 11 is 3.40. The van der Waals surface area contributed by atoms with Gasteiger partial charge in [0.1, 0.15) is 0 Å². The number of benzene rings is 1. The Morgan fingerprint density at radius 1 is 1.47 bits per heavy atom. The molecule has 0 radical (unpaired) electrons. The van der Waals surface area contributed by atoms with Gasteiger partial charge < -0.3 is 10.0 Å². The van der Waals surface area contributed by atoms with Crippen molar-refractivity contribution in [2.75, 3.05) is 13.2 Å². The van der Waals surface area contributed by atoms with Crippen LogP contribution in [0.3, 0.4) is 0 Å². The number of aliphatic hydroxyl groups excluding tert-OH is 1. The molecule has 1 aromatic carbocycles. The van der Waals surface area contributed by atoms with Crippen LogP contribution in [0.25, 0.3) is 0 Å². The second kappa shape index (κ2) is 5.19. The molecule has 0 aliphatic heterocycles. The smallest absolute Gasteiger partial charge is 0.254 e. The van der Waals surface area contributed by atoms with Gasteiger partial charge in [0, 0.05) is 22.6 Å². The summed E-state index contributed by atoms with van der Waals surface area (Å²) in [5.41, 5.74) is 1.75. The van der Waals surface area contributed by atoms with Crippen molar-refractivity contribution in [3.05, 3.63) is 33.8 Å². The van der Waals surface area contributed by atoms with Gasteiger partial charge in [-0.25, -0.2) is 0 Å². The predicted octanol–water partition coefficient (Wildman–Crippen LogP) is 2.35. The van der Waals surface area contributed by atoms with Crippen molar-refractivity contribution in [3.8, 4) is 0 Å². The third-order valence-corrected chi connectivity index (χ3v) is 3.34. The first-order valence-electron chi connectivity index (χ1n) is 5.81. The van der Waals surface area contributed by atoms with Crippen molar-refractivity contribution in [2.45, 2.75) is 25.8 Å². The van der Waals surface area contributed by atoms with E-state index in [9.17, 15) is 4.79 Å². The van der Waals surface area contributed by atoms with E-state index in [0.29, 0.717) is 18.2 Å². The molecule has 92 valence electrons. The fraction of sp³-hybridized carbons (Fsp3) is 0.462. The number of nitrogens with zero attached hydrogens (tertiary/aromatic N) is 1. The van der Waals surface area contributed by atoms with Crippen LogP contribution in [0.4, 0.5) is 0 Å². The SMILES string of the molecule is Cc1cc(Br)cc(C(=O)N(CCO)C2CC2)c1. The van der Waals surface area contributed by atoms with Crippen LogP contribution >= 0.6 is 15.9 Å². The van der Waals surface area contributed by atoms with Crippen LogP contribution in [0.5, 0.6) is 0 Å². The normalized spacial score (nSPS) is 14.8. The Bertz CT molecular complexity index is 409. The molecule has 0 heterocycles. The molecule has 1 fully saturated rings. The van der Waals surface area contributed by atoms with Crippen molar-refractivity contribution in [1.82, 2.24) is 4.90 Å². The first-order valence-corrected chi connectivity index (χ1v) is 6.60. The fourth-order valence-electron chi connectivity index (χ4n) is 1.97. The van der Waals surface area contributed by atoms with Crippen molar-refractivity contribution in [2.24, 2.45) is 0 Å². The maximum Gasteiger partial charge on any atom is 0.254 e. The third-order valence-electron chi connectivity index (χ3n) is 2.88. The molecule has 1 aliphatic rings. The molecule has 0 bridgehead atoms. The first kappa shape index (κ1) is 12.6. The Hall–Kier alpha value is -0.870. The van der Waals surface area contributed by atoms with Crippen molar-refractivity contribution >= 4 is 21.8 Å². The summed E-state index contributed by atoms with van der Waals surface area (Å²) in [4.78, 5) is 14.1. The zero-order valence-electron chi connectivity index (χ0n) is 9.82. The van der Waals surface area contributed by atoms with Crippen LogP contribution in [-0.2, 0) is 0 Å². The molecule has 1 aliphatic carbocycles. The van der Waals surface area contributed by atoms with Gasteiger partial charge >= 0.3 is 0 Å². The molecule has 0 atom stereocenters. The Morgan fingerprint density at radius 2 is 2.18 bits per heavy atom. The molecule has 1 saturated carbocycles. The minimum absolute atomic E-state index is 0.0194. The Balaban J connectivity index is 2.21. The van der Waals surface area contributed by atoms with Crippen molar-refractivity contribution in [1.29, 1.82) is 0 Å². The van der Waals surface area contributed by atoms with E-state index in [-0.39, 0.29) is 12.5 Å². The summed E-state index contributed by atoms with van der Waals surface area (Å²) in [6, 6.07) is 6.03. The van der Waals surface area contributed by atoms with E-state index in [1.165, 1.54) is 0 Å². The summed E-state index contributed by atoms with van der Waals surface area (Å²) < 4.78 is 0.917. The molecule has 1 aromatic rings. The second-order valence-electron chi connectivity index (χ2n) is 4.47. The molecule has 0 spiro atoms. The average Bonchev–Trinajstić information content (AvgIpc) is 3.07. The maximum absolute atomic E-state index is 12.3. The molecule has 2 rings (SSSR count). The van der Waals surface area contributed by atoms with E-state index >= 15 is 0 Å². The van der Waals surface area contributed by atoms with E-state index in [1.54, 1.807) is 4.90 Å². The number of hydrogen-bond acceptors (Lipinski definition) is 2. The first-order chi connectivity index (χ1) is 8.11. The Labute approximate surface area is 110 Å². The molecule has 1 amide bonds. The molecule has 3 nitrogen and oxygen atoms in total. The highest BCUT2D eigenvalue weighted by molar-refractivity contribution is 9.10. The van der Waals surface area contributed by atoms with Crippen LogP contribution in [0.1, 0.15) is 28.8 Å². The average molecular weight is 298 g/mol. The highest BCUT2D eigenvalue weighted by Gasteiger charge is 2.32. The molecule has 17 heavy (non-hydrogen) atoms. The van der Waals surface area contributed by atoms with Crippen LogP contribution in [0, 0.1) is 6.92 Å². The van der Waals surface area contributed by atoms with Gasteiger partial charge in [-0.3, -0.25) is 4.79 Å².